The molecule has 3 saturated heterocycles. The number of benzene rings is 2. The van der Waals surface area contributed by atoms with Gasteiger partial charge in [0.2, 0.25) is 35.4 Å². The summed E-state index contributed by atoms with van der Waals surface area (Å²) in [5, 5.41) is 99.4. The van der Waals surface area contributed by atoms with E-state index < -0.39 is 146 Å². The Morgan fingerprint density at radius 1 is 0.732 bits per heavy atom. The van der Waals surface area contributed by atoms with Gasteiger partial charge in [0.15, 0.2) is 6.23 Å². The number of hydrogen-bond donors (Lipinski definition) is 13. The quantitative estimate of drug-likeness (QED) is 0.0936. The molecule has 0 spiro atoms. The highest BCUT2D eigenvalue weighted by Gasteiger charge is 2.50. The van der Waals surface area contributed by atoms with Gasteiger partial charge in [-0.25, -0.2) is 0 Å². The number of rotatable bonds is 13. The molecule has 0 saturated carbocycles. The minimum absolute atomic E-state index is 0.0655. The molecule has 2 aromatic rings. The van der Waals surface area contributed by atoms with E-state index in [1.165, 1.54) is 43.3 Å². The number of carbonyl (C=O) groups is 7. The maximum Gasteiger partial charge on any atom is 0.251 e. The van der Waals surface area contributed by atoms with Crippen LogP contribution in [0.15, 0.2) is 54.6 Å². The van der Waals surface area contributed by atoms with Crippen molar-refractivity contribution >= 4 is 47.4 Å². The molecule has 0 aliphatic carbocycles. The van der Waals surface area contributed by atoms with Crippen molar-refractivity contribution in [2.45, 2.75) is 158 Å². The van der Waals surface area contributed by atoms with Crippen LogP contribution in [0, 0.1) is 5.92 Å². The number of carbonyl (C=O) groups excluding carboxylic acids is 7. The van der Waals surface area contributed by atoms with Gasteiger partial charge in [0.05, 0.1) is 30.5 Å². The number of fused-ring (bicyclic) bond motifs is 2. The summed E-state index contributed by atoms with van der Waals surface area (Å²) < 4.78 is 0. The van der Waals surface area contributed by atoms with Crippen molar-refractivity contribution in [2.24, 2.45) is 5.92 Å². The Morgan fingerprint density at radius 3 is 1.96 bits per heavy atom. The SMILES string of the molecule is CCCCCC/C=C/c1ccc(C(=O)NC2CC(O)C(O)NC(=O)C3C(O)C(C)CN3C(=O)C(C(C)O)NC(=O)C(C(O)Cc3ccc(O)cc3)NC(=O)C3CC(O)CN3C(=O)C(C(C)O)NC2=O)cc1. The van der Waals surface area contributed by atoms with Crippen molar-refractivity contribution in [2.75, 3.05) is 13.1 Å². The molecule has 14 atom stereocenters. The molecule has 0 radical (unpaired) electrons. The number of phenolic OH excluding ortho intramolecular Hbond substituents is 1. The largest absolute Gasteiger partial charge is 0.508 e. The lowest BCUT2D eigenvalue weighted by Crippen LogP contribution is -2.64. The van der Waals surface area contributed by atoms with Gasteiger partial charge in [0.1, 0.15) is 48.1 Å². The van der Waals surface area contributed by atoms with Crippen molar-refractivity contribution in [3.8, 4) is 5.75 Å². The molecule has 13 N–H and O–H groups in total. The smallest absolute Gasteiger partial charge is 0.251 e. The molecular formula is C49H69N7O15. The fourth-order valence-electron chi connectivity index (χ4n) is 8.89. The van der Waals surface area contributed by atoms with Crippen molar-refractivity contribution in [1.82, 2.24) is 36.4 Å². The van der Waals surface area contributed by atoms with Crippen LogP contribution in [-0.2, 0) is 35.2 Å². The first-order valence-corrected chi connectivity index (χ1v) is 24.1. The fraction of sp³-hybridized carbons (Fsp3) is 0.571. The Morgan fingerprint density at radius 2 is 1.34 bits per heavy atom. The lowest BCUT2D eigenvalue weighted by molar-refractivity contribution is -0.148. The van der Waals surface area contributed by atoms with E-state index in [1.54, 1.807) is 12.1 Å². The Balaban J connectivity index is 1.52. The molecule has 0 bridgehead atoms. The second-order valence-electron chi connectivity index (χ2n) is 18.8. The maximum atomic E-state index is 14.3. The molecule has 5 rings (SSSR count). The Labute approximate surface area is 411 Å². The van der Waals surface area contributed by atoms with Gasteiger partial charge in [-0.3, -0.25) is 33.6 Å². The van der Waals surface area contributed by atoms with Crippen LogP contribution < -0.4 is 26.6 Å². The van der Waals surface area contributed by atoms with Crippen LogP contribution in [0.25, 0.3) is 6.08 Å². The van der Waals surface area contributed by atoms with E-state index in [1.807, 2.05) is 12.2 Å². The highest BCUT2D eigenvalue weighted by molar-refractivity contribution is 6.00. The summed E-state index contributed by atoms with van der Waals surface area (Å²) in [5.41, 5.74) is 1.22. The third-order valence-electron chi connectivity index (χ3n) is 13.0. The van der Waals surface area contributed by atoms with E-state index in [9.17, 15) is 74.4 Å². The normalized spacial score (nSPS) is 29.8. The molecule has 0 aromatic heterocycles. The minimum Gasteiger partial charge on any atom is -0.508 e. The molecule has 2 aromatic carbocycles. The zero-order chi connectivity index (χ0) is 52.3. The third kappa shape index (κ3) is 14.6. The average Bonchev–Trinajstić information content (AvgIpc) is 3.87. The van der Waals surface area contributed by atoms with Gasteiger partial charge in [-0.15, -0.1) is 0 Å². The molecule has 22 heteroatoms. The zero-order valence-corrected chi connectivity index (χ0v) is 40.3. The first-order valence-electron chi connectivity index (χ1n) is 24.1. The highest BCUT2D eigenvalue weighted by Crippen LogP contribution is 2.27. The van der Waals surface area contributed by atoms with Crippen LogP contribution in [0.4, 0.5) is 0 Å². The summed E-state index contributed by atoms with van der Waals surface area (Å²) >= 11 is 0. The number of hydrogen-bond acceptors (Lipinski definition) is 15. The molecule has 3 heterocycles. The molecule has 390 valence electrons. The fourth-order valence-corrected chi connectivity index (χ4v) is 8.89. The van der Waals surface area contributed by atoms with Crippen LogP contribution >= 0.6 is 0 Å². The second kappa shape index (κ2) is 25.4. The zero-order valence-electron chi connectivity index (χ0n) is 40.3. The highest BCUT2D eigenvalue weighted by atomic mass is 16.3. The van der Waals surface area contributed by atoms with Gasteiger partial charge >= 0.3 is 0 Å². The van der Waals surface area contributed by atoms with Crippen LogP contribution in [0.5, 0.6) is 5.75 Å². The van der Waals surface area contributed by atoms with Crippen molar-refractivity contribution in [3.63, 3.8) is 0 Å². The van der Waals surface area contributed by atoms with Crippen LogP contribution in [0.1, 0.15) is 94.1 Å². The molecule has 3 aliphatic rings. The number of allylic oxidation sites excluding steroid dienone is 1. The Bertz CT molecular complexity index is 2210. The predicted molar refractivity (Wildman–Crippen MR) is 254 cm³/mol. The van der Waals surface area contributed by atoms with Gasteiger partial charge in [-0.2, -0.15) is 0 Å². The van der Waals surface area contributed by atoms with Gasteiger partial charge < -0.3 is 77.2 Å². The van der Waals surface area contributed by atoms with Crippen LogP contribution in [0.2, 0.25) is 0 Å². The monoisotopic (exact) mass is 995 g/mol. The minimum atomic E-state index is -2.24. The topological polar surface area (TPSA) is 348 Å². The van der Waals surface area contributed by atoms with E-state index in [4.69, 9.17) is 0 Å². The number of amides is 7. The molecule has 3 fully saturated rings. The van der Waals surface area contributed by atoms with Gasteiger partial charge in [0.25, 0.3) is 5.91 Å². The summed E-state index contributed by atoms with van der Waals surface area (Å²) in [7, 11) is 0. The summed E-state index contributed by atoms with van der Waals surface area (Å²) in [6.07, 6.45) is -4.97. The van der Waals surface area contributed by atoms with Gasteiger partial charge in [-0.1, -0.05) is 69.5 Å². The number of unbranched alkanes of at least 4 members (excludes halogenated alkanes) is 4. The third-order valence-corrected chi connectivity index (χ3v) is 13.0. The van der Waals surface area contributed by atoms with Gasteiger partial charge in [-0.05, 0) is 62.1 Å². The average molecular weight is 996 g/mol. The Hall–Kier alpha value is -6.01. The summed E-state index contributed by atoms with van der Waals surface area (Å²) in [4.78, 5) is 101. The number of nitrogens with one attached hydrogen (secondary N) is 5. The lowest BCUT2D eigenvalue weighted by Gasteiger charge is -2.33. The number of nitrogens with zero attached hydrogens (tertiary/aromatic N) is 2. The first kappa shape index (κ1) is 55.9. The molecule has 22 nitrogen and oxygen atoms in total. The molecule has 7 amide bonds. The number of aliphatic hydroxyl groups excluding tert-OH is 7. The van der Waals surface area contributed by atoms with Crippen molar-refractivity contribution in [1.29, 1.82) is 0 Å². The Kier molecular flexibility index (Phi) is 20.0. The van der Waals surface area contributed by atoms with Crippen molar-refractivity contribution < 1.29 is 74.4 Å². The molecule has 71 heavy (non-hydrogen) atoms. The molecule has 3 aliphatic heterocycles. The molecule has 14 unspecified atom stereocenters. The number of aromatic hydroxyl groups is 1. The van der Waals surface area contributed by atoms with Crippen molar-refractivity contribution in [3.05, 3.63) is 71.3 Å². The second-order valence-corrected chi connectivity index (χ2v) is 18.8. The van der Waals surface area contributed by atoms with E-state index >= 15 is 0 Å². The van der Waals surface area contributed by atoms with E-state index in [0.29, 0.717) is 5.56 Å². The van der Waals surface area contributed by atoms with E-state index in [-0.39, 0.29) is 24.3 Å². The van der Waals surface area contributed by atoms with E-state index in [0.717, 1.165) is 61.3 Å². The standard InChI is InChI=1S/C49H69N7O15/c1-5-6-7-8-9-10-11-28-12-16-30(17-13-28)42(64)50-33-22-36(62)45(67)54-47(69)40-41(63)25(2)23-56(40)49(71)38(27(4)58)52-46(68)39(35(61)20-29-14-18-31(59)19-15-29)53-44(66)34-21-32(60)24-55(34)48(70)37(26(3)57)51-43(33)65/h10-19,25-27,32-41,45,57-63,67H,5-9,20-24H2,1-4H3,(H,50,64)(H,51,65)(H,52,68)(H,53,66)(H,54,69)/b11-10+. The predicted octanol–water partition coefficient (Wildman–Crippen LogP) is -2.34. The van der Waals surface area contributed by atoms with Crippen LogP contribution in [-0.4, -0.2) is 184 Å². The summed E-state index contributed by atoms with van der Waals surface area (Å²) in [5.74, 6) is -8.70. The number of aliphatic hydroxyl groups is 7. The summed E-state index contributed by atoms with van der Waals surface area (Å²) in [6, 6.07) is 0.817. The van der Waals surface area contributed by atoms with E-state index in [2.05, 4.69) is 33.5 Å². The first-order chi connectivity index (χ1) is 33.6. The van der Waals surface area contributed by atoms with Gasteiger partial charge in [0, 0.05) is 43.8 Å². The molecular weight excluding hydrogens is 927 g/mol. The lowest BCUT2D eigenvalue weighted by atomic mass is 9.99. The summed E-state index contributed by atoms with van der Waals surface area (Å²) in [6.45, 7) is 5.05. The van der Waals surface area contributed by atoms with Crippen LogP contribution in [0.3, 0.4) is 0 Å². The number of phenols is 1. The maximum absolute atomic E-state index is 14.3.